The molecule has 0 aliphatic heterocycles. The second-order valence-electron chi connectivity index (χ2n) is 6.45. The van der Waals surface area contributed by atoms with Crippen molar-refractivity contribution in [1.29, 1.82) is 0 Å². The molecule has 1 heterocycles. The van der Waals surface area contributed by atoms with Gasteiger partial charge in [0.15, 0.2) is 0 Å². The van der Waals surface area contributed by atoms with Gasteiger partial charge in [-0.15, -0.1) is 0 Å². The Morgan fingerprint density at radius 2 is 1.81 bits per heavy atom. The lowest BCUT2D eigenvalue weighted by Gasteiger charge is -2.08. The highest BCUT2D eigenvalue weighted by Gasteiger charge is 2.13. The molecule has 0 spiro atoms. The summed E-state index contributed by atoms with van der Waals surface area (Å²) in [6.07, 6.45) is 0.0114. The number of nitrogens with one attached hydrogen (secondary N) is 1. The fraction of sp³-hybridized carbons (Fsp3) is 0.238. The Kier molecular flexibility index (Phi) is 5.45. The van der Waals surface area contributed by atoms with Gasteiger partial charge in [-0.25, -0.2) is 0 Å². The summed E-state index contributed by atoms with van der Waals surface area (Å²) in [6.45, 7) is 3.72. The van der Waals surface area contributed by atoms with Gasteiger partial charge in [-0.1, -0.05) is 24.3 Å². The number of fused-ring (bicyclic) bond motifs is 1. The van der Waals surface area contributed by atoms with Crippen LogP contribution in [0.5, 0.6) is 5.75 Å². The molecule has 2 N–H and O–H groups in total. The molecule has 0 bridgehead atoms. The predicted octanol–water partition coefficient (Wildman–Crippen LogP) is 3.84. The van der Waals surface area contributed by atoms with Gasteiger partial charge in [-0.3, -0.25) is 9.59 Å². The van der Waals surface area contributed by atoms with Crippen molar-refractivity contribution in [2.45, 2.75) is 32.9 Å². The Balaban J connectivity index is 1.66. The second-order valence-corrected chi connectivity index (χ2v) is 6.45. The van der Waals surface area contributed by atoms with E-state index in [-0.39, 0.29) is 18.4 Å². The van der Waals surface area contributed by atoms with Crippen LogP contribution in [0.3, 0.4) is 0 Å². The average Bonchev–Trinajstić information content (AvgIpc) is 3.03. The van der Waals surface area contributed by atoms with Crippen molar-refractivity contribution in [1.82, 2.24) is 5.32 Å². The first kappa shape index (κ1) is 18.5. The van der Waals surface area contributed by atoms with E-state index in [1.165, 1.54) is 6.92 Å². The molecule has 27 heavy (non-hydrogen) atoms. The van der Waals surface area contributed by atoms with Gasteiger partial charge in [0.2, 0.25) is 5.91 Å². The summed E-state index contributed by atoms with van der Waals surface area (Å²) < 4.78 is 11.6. The molecule has 0 fully saturated rings. The Labute approximate surface area is 156 Å². The smallest absolute Gasteiger partial charge is 0.307 e. The third-order valence-electron chi connectivity index (χ3n) is 4.14. The van der Waals surface area contributed by atoms with Crippen molar-refractivity contribution >= 4 is 22.8 Å². The molecule has 2 aromatic carbocycles. The van der Waals surface area contributed by atoms with Crippen LogP contribution in [0.2, 0.25) is 0 Å². The van der Waals surface area contributed by atoms with E-state index in [1.54, 1.807) is 12.1 Å². The second kappa shape index (κ2) is 7.95. The van der Waals surface area contributed by atoms with Gasteiger partial charge >= 0.3 is 5.97 Å². The van der Waals surface area contributed by atoms with Gasteiger partial charge in [-0.2, -0.15) is 0 Å². The highest BCUT2D eigenvalue weighted by Crippen LogP contribution is 2.27. The lowest BCUT2D eigenvalue weighted by molar-refractivity contribution is -0.136. The van der Waals surface area contributed by atoms with Crippen molar-refractivity contribution in [2.24, 2.45) is 0 Å². The summed E-state index contributed by atoms with van der Waals surface area (Å²) in [4.78, 5) is 21.9. The zero-order valence-corrected chi connectivity index (χ0v) is 15.2. The summed E-state index contributed by atoms with van der Waals surface area (Å²) >= 11 is 0. The molecule has 0 saturated heterocycles. The van der Waals surface area contributed by atoms with E-state index < -0.39 is 5.97 Å². The highest BCUT2D eigenvalue weighted by atomic mass is 16.5. The topological polar surface area (TPSA) is 88.8 Å². The fourth-order valence-corrected chi connectivity index (χ4v) is 2.82. The number of carbonyl (C=O) groups excluding carboxylic acids is 1. The number of hydrogen-bond donors (Lipinski definition) is 2. The predicted molar refractivity (Wildman–Crippen MR) is 101 cm³/mol. The molecule has 1 unspecified atom stereocenters. The van der Waals surface area contributed by atoms with Crippen LogP contribution in [-0.4, -0.2) is 17.0 Å². The minimum Gasteiger partial charge on any atom is -0.489 e. The van der Waals surface area contributed by atoms with E-state index in [9.17, 15) is 9.59 Å². The van der Waals surface area contributed by atoms with Crippen molar-refractivity contribution in [3.63, 3.8) is 0 Å². The first-order chi connectivity index (χ1) is 12.9. The SMILES string of the molecule is CC(=O)NC(C)c1cc2cc(OCc3ccc(CC(=O)O)cc3)ccc2o1. The van der Waals surface area contributed by atoms with Gasteiger partial charge in [-0.05, 0) is 42.3 Å². The van der Waals surface area contributed by atoms with Crippen molar-refractivity contribution < 1.29 is 23.8 Å². The Bertz CT molecular complexity index is 958. The number of benzene rings is 2. The molecule has 0 aliphatic carbocycles. The lowest BCUT2D eigenvalue weighted by Crippen LogP contribution is -2.23. The number of carboxylic acid groups (broad SMARTS) is 1. The zero-order chi connectivity index (χ0) is 19.4. The van der Waals surface area contributed by atoms with Crippen LogP contribution in [0.4, 0.5) is 0 Å². The van der Waals surface area contributed by atoms with E-state index in [1.807, 2.05) is 43.3 Å². The number of furan rings is 1. The van der Waals surface area contributed by atoms with Gasteiger partial charge in [0.05, 0.1) is 12.5 Å². The number of amides is 1. The normalized spacial score (nSPS) is 11.9. The van der Waals surface area contributed by atoms with Crippen molar-refractivity contribution in [3.8, 4) is 5.75 Å². The van der Waals surface area contributed by atoms with Gasteiger partial charge in [0.25, 0.3) is 0 Å². The van der Waals surface area contributed by atoms with Crippen LogP contribution in [0.15, 0.2) is 52.9 Å². The third kappa shape index (κ3) is 4.88. The zero-order valence-electron chi connectivity index (χ0n) is 15.2. The van der Waals surface area contributed by atoms with Crippen LogP contribution in [0, 0.1) is 0 Å². The molecule has 0 saturated carbocycles. The minimum absolute atomic E-state index is 0.0114. The molecule has 1 aromatic heterocycles. The molecule has 3 aromatic rings. The summed E-state index contributed by atoms with van der Waals surface area (Å²) in [5, 5.41) is 12.5. The fourth-order valence-electron chi connectivity index (χ4n) is 2.82. The van der Waals surface area contributed by atoms with Crippen LogP contribution >= 0.6 is 0 Å². The van der Waals surface area contributed by atoms with Crippen LogP contribution in [0.25, 0.3) is 11.0 Å². The lowest BCUT2D eigenvalue weighted by atomic mass is 10.1. The number of ether oxygens (including phenoxy) is 1. The summed E-state index contributed by atoms with van der Waals surface area (Å²) in [6, 6.07) is 14.6. The molecule has 1 atom stereocenters. The maximum atomic E-state index is 11.2. The quantitative estimate of drug-likeness (QED) is 0.662. The maximum absolute atomic E-state index is 11.2. The summed E-state index contributed by atoms with van der Waals surface area (Å²) in [5.74, 6) is 0.434. The van der Waals surface area contributed by atoms with Crippen LogP contribution in [-0.2, 0) is 22.6 Å². The Morgan fingerprint density at radius 1 is 1.11 bits per heavy atom. The molecule has 1 amide bonds. The molecule has 0 radical (unpaired) electrons. The Hall–Kier alpha value is -3.28. The molecular weight excluding hydrogens is 346 g/mol. The number of carboxylic acids is 1. The van der Waals surface area contributed by atoms with Gasteiger partial charge < -0.3 is 19.6 Å². The number of aliphatic carboxylic acids is 1. The van der Waals surface area contributed by atoms with E-state index in [0.717, 1.165) is 22.1 Å². The van der Waals surface area contributed by atoms with E-state index >= 15 is 0 Å². The minimum atomic E-state index is -0.848. The van der Waals surface area contributed by atoms with Gasteiger partial charge in [0.1, 0.15) is 23.7 Å². The molecule has 3 rings (SSSR count). The maximum Gasteiger partial charge on any atom is 0.307 e. The first-order valence-electron chi connectivity index (χ1n) is 8.64. The number of rotatable bonds is 7. The van der Waals surface area contributed by atoms with Crippen LogP contribution in [0.1, 0.15) is 36.8 Å². The van der Waals surface area contributed by atoms with Gasteiger partial charge in [0, 0.05) is 12.3 Å². The molecule has 6 heteroatoms. The monoisotopic (exact) mass is 367 g/mol. The van der Waals surface area contributed by atoms with Crippen molar-refractivity contribution in [3.05, 3.63) is 65.4 Å². The van der Waals surface area contributed by atoms with E-state index in [2.05, 4.69) is 5.32 Å². The van der Waals surface area contributed by atoms with Crippen LogP contribution < -0.4 is 10.1 Å². The average molecular weight is 367 g/mol. The largest absolute Gasteiger partial charge is 0.489 e. The molecule has 0 aliphatic rings. The summed E-state index contributed by atoms with van der Waals surface area (Å²) in [5.41, 5.74) is 2.44. The first-order valence-corrected chi connectivity index (χ1v) is 8.64. The molecule has 6 nitrogen and oxygen atoms in total. The molecular formula is C21H21NO5. The summed E-state index contributed by atoms with van der Waals surface area (Å²) in [7, 11) is 0. The molecule has 140 valence electrons. The Morgan fingerprint density at radius 3 is 2.48 bits per heavy atom. The third-order valence-corrected chi connectivity index (χ3v) is 4.14. The number of carbonyl (C=O) groups is 2. The van der Waals surface area contributed by atoms with E-state index in [0.29, 0.717) is 18.1 Å². The van der Waals surface area contributed by atoms with E-state index in [4.69, 9.17) is 14.3 Å². The highest BCUT2D eigenvalue weighted by molar-refractivity contribution is 5.80. The standard InChI is InChI=1S/C21H21NO5/c1-13(22-14(2)23)20-11-17-10-18(7-8-19(17)27-20)26-12-16-5-3-15(4-6-16)9-21(24)25/h3-8,10-11,13H,9,12H2,1-2H3,(H,22,23)(H,24,25). The van der Waals surface area contributed by atoms with Crippen molar-refractivity contribution in [2.75, 3.05) is 0 Å². The number of hydrogen-bond acceptors (Lipinski definition) is 4.